The van der Waals surface area contributed by atoms with Gasteiger partial charge in [0.25, 0.3) is 11.8 Å². The second-order valence-corrected chi connectivity index (χ2v) is 9.78. The Morgan fingerprint density at radius 2 is 1.76 bits per heavy atom. The zero-order chi connectivity index (χ0) is 29.8. The number of halogens is 1. The predicted octanol–water partition coefficient (Wildman–Crippen LogP) is 6.34. The minimum absolute atomic E-state index is 0.102. The van der Waals surface area contributed by atoms with E-state index in [4.69, 9.17) is 9.84 Å². The predicted molar refractivity (Wildman–Crippen MR) is 158 cm³/mol. The maximum Gasteiger partial charge on any atom is 0.271 e. The van der Waals surface area contributed by atoms with Gasteiger partial charge in [-0.15, -0.1) is 0 Å². The third-order valence-electron chi connectivity index (χ3n) is 6.96. The molecule has 3 aromatic carbocycles. The summed E-state index contributed by atoms with van der Waals surface area (Å²) in [4.78, 5) is 28.0. The number of carbonyl (C=O) groups excluding carboxylic acids is 2. The van der Waals surface area contributed by atoms with Gasteiger partial charge in [-0.25, -0.2) is 9.07 Å². The van der Waals surface area contributed by atoms with Crippen LogP contribution in [0.25, 0.3) is 23.0 Å². The molecule has 0 saturated carbocycles. The summed E-state index contributed by atoms with van der Waals surface area (Å²) in [6, 6.07) is 22.7. The zero-order valence-corrected chi connectivity index (χ0v) is 23.2. The summed E-state index contributed by atoms with van der Waals surface area (Å²) in [6.45, 7) is 7.50. The van der Waals surface area contributed by atoms with Gasteiger partial charge in [0.2, 0.25) is 0 Å². The number of nitriles is 1. The van der Waals surface area contributed by atoms with Crippen LogP contribution in [0.1, 0.15) is 23.6 Å². The van der Waals surface area contributed by atoms with Crippen molar-refractivity contribution in [2.24, 2.45) is 0 Å². The maximum absolute atomic E-state index is 13.8. The number of aryl methyl sites for hydroxylation is 1. The van der Waals surface area contributed by atoms with Crippen molar-refractivity contribution in [1.29, 1.82) is 5.26 Å². The van der Waals surface area contributed by atoms with E-state index in [1.165, 1.54) is 24.3 Å². The fourth-order valence-electron chi connectivity index (χ4n) is 4.76. The molecule has 208 valence electrons. The highest BCUT2D eigenvalue weighted by Gasteiger charge is 2.35. The fraction of sp³-hybridized carbons (Fsp3) is 0.118. The number of hydrogen-bond acceptors (Lipinski definition) is 5. The second-order valence-electron chi connectivity index (χ2n) is 9.78. The fourth-order valence-corrected chi connectivity index (χ4v) is 4.76. The number of para-hydroxylation sites is 1. The highest BCUT2D eigenvalue weighted by Crippen LogP contribution is 2.34. The van der Waals surface area contributed by atoms with Crippen LogP contribution in [-0.2, 0) is 16.1 Å². The van der Waals surface area contributed by atoms with Crippen LogP contribution in [0.2, 0.25) is 0 Å². The van der Waals surface area contributed by atoms with Gasteiger partial charge in [-0.05, 0) is 79.1 Å². The summed E-state index contributed by atoms with van der Waals surface area (Å²) < 4.78 is 20.9. The van der Waals surface area contributed by atoms with E-state index < -0.39 is 17.6 Å². The van der Waals surface area contributed by atoms with Crippen LogP contribution in [0.4, 0.5) is 4.39 Å². The monoisotopic (exact) mass is 558 g/mol. The average Bonchev–Trinajstić information content (AvgIpc) is 3.41. The quantitative estimate of drug-likeness (QED) is 0.143. The molecule has 5 rings (SSSR count). The SMILES string of the molecule is C=CCOc1ccc(-c2nn(-c3ccccc3)cc2/C=C2/C(=O)N(Cc3ccc(F)cc3)C(=O)C(C#N)=C2C)c(C)c1. The summed E-state index contributed by atoms with van der Waals surface area (Å²) in [5, 5.41) is 14.7. The first-order valence-corrected chi connectivity index (χ1v) is 13.2. The van der Waals surface area contributed by atoms with Crippen molar-refractivity contribution in [2.45, 2.75) is 20.4 Å². The topological polar surface area (TPSA) is 88.2 Å². The van der Waals surface area contributed by atoms with Gasteiger partial charge in [0.15, 0.2) is 0 Å². The first-order chi connectivity index (χ1) is 20.3. The van der Waals surface area contributed by atoms with Crippen LogP contribution in [0.15, 0.2) is 108 Å². The lowest BCUT2D eigenvalue weighted by Gasteiger charge is -2.27. The van der Waals surface area contributed by atoms with Gasteiger partial charge in [-0.1, -0.05) is 43.0 Å². The number of amides is 2. The molecule has 0 spiro atoms. The Morgan fingerprint density at radius 3 is 2.43 bits per heavy atom. The molecule has 0 radical (unpaired) electrons. The normalized spacial score (nSPS) is 14.3. The molecule has 8 heteroatoms. The third-order valence-corrected chi connectivity index (χ3v) is 6.96. The molecule has 2 amide bonds. The van der Waals surface area contributed by atoms with Gasteiger partial charge in [0, 0.05) is 22.9 Å². The number of nitrogens with zero attached hydrogens (tertiary/aromatic N) is 4. The Labute approximate surface area is 243 Å². The van der Waals surface area contributed by atoms with Crippen molar-refractivity contribution < 1.29 is 18.7 Å². The molecule has 2 heterocycles. The standard InChI is InChI=1S/C34H27FN4O3/c1-4-16-42-28-14-15-29(22(2)17-28)32-25(21-39(37-32)27-8-6-5-7-9-27)18-30-23(3)31(19-36)34(41)38(33(30)40)20-24-10-12-26(35)13-11-24/h4-15,17-18,21H,1,16,20H2,2-3H3/b30-18+. The molecule has 0 saturated heterocycles. The number of carbonyl (C=O) groups is 2. The number of aromatic nitrogens is 2. The second kappa shape index (κ2) is 11.9. The first kappa shape index (κ1) is 28.0. The van der Waals surface area contributed by atoms with Crippen molar-refractivity contribution in [3.8, 4) is 28.8 Å². The smallest absolute Gasteiger partial charge is 0.271 e. The van der Waals surface area contributed by atoms with E-state index in [-0.39, 0.29) is 23.3 Å². The Hall–Kier alpha value is -5.55. The van der Waals surface area contributed by atoms with Crippen LogP contribution in [-0.4, -0.2) is 33.1 Å². The molecule has 0 bridgehead atoms. The first-order valence-electron chi connectivity index (χ1n) is 13.2. The van der Waals surface area contributed by atoms with E-state index in [1.807, 2.05) is 67.7 Å². The number of rotatable bonds is 8. The van der Waals surface area contributed by atoms with E-state index in [9.17, 15) is 19.2 Å². The lowest BCUT2D eigenvalue weighted by molar-refractivity contribution is -0.141. The summed E-state index contributed by atoms with van der Waals surface area (Å²) in [5.41, 5.74) is 4.70. The molecule has 42 heavy (non-hydrogen) atoms. The van der Waals surface area contributed by atoms with E-state index in [2.05, 4.69) is 6.58 Å². The van der Waals surface area contributed by atoms with E-state index in [1.54, 1.807) is 23.8 Å². The summed E-state index contributed by atoms with van der Waals surface area (Å²) in [7, 11) is 0. The van der Waals surface area contributed by atoms with Gasteiger partial charge in [0.05, 0.1) is 12.2 Å². The zero-order valence-electron chi connectivity index (χ0n) is 23.2. The van der Waals surface area contributed by atoms with Gasteiger partial charge in [0.1, 0.15) is 35.5 Å². The molecule has 0 aliphatic carbocycles. The number of ether oxygens (including phenoxy) is 1. The van der Waals surface area contributed by atoms with E-state index in [0.29, 0.717) is 29.2 Å². The van der Waals surface area contributed by atoms with Gasteiger partial charge in [-0.3, -0.25) is 14.5 Å². The van der Waals surface area contributed by atoms with Crippen LogP contribution in [0.5, 0.6) is 5.75 Å². The largest absolute Gasteiger partial charge is 0.490 e. The maximum atomic E-state index is 13.8. The minimum atomic E-state index is -0.687. The molecule has 0 fully saturated rings. The average molecular weight is 559 g/mol. The number of imide groups is 1. The molecule has 1 aliphatic rings. The molecule has 0 unspecified atom stereocenters. The molecule has 7 nitrogen and oxygen atoms in total. The number of benzene rings is 3. The Kier molecular flexibility index (Phi) is 7.93. The Morgan fingerprint density at radius 1 is 1.02 bits per heavy atom. The lowest BCUT2D eigenvalue weighted by Crippen LogP contribution is -2.42. The van der Waals surface area contributed by atoms with Crippen LogP contribution < -0.4 is 4.74 Å². The van der Waals surface area contributed by atoms with Gasteiger partial charge < -0.3 is 4.74 Å². The molecular weight excluding hydrogens is 531 g/mol. The Balaban J connectivity index is 1.64. The molecule has 4 aromatic rings. The van der Waals surface area contributed by atoms with Gasteiger partial charge >= 0.3 is 0 Å². The highest BCUT2D eigenvalue weighted by atomic mass is 19.1. The lowest BCUT2D eigenvalue weighted by atomic mass is 9.92. The van der Waals surface area contributed by atoms with Crippen molar-refractivity contribution in [3.05, 3.63) is 131 Å². The van der Waals surface area contributed by atoms with Crippen LogP contribution in [0.3, 0.4) is 0 Å². The molecule has 1 aliphatic heterocycles. The van der Waals surface area contributed by atoms with Crippen molar-refractivity contribution in [2.75, 3.05) is 6.61 Å². The van der Waals surface area contributed by atoms with Crippen LogP contribution in [0, 0.1) is 24.1 Å². The van der Waals surface area contributed by atoms with Crippen molar-refractivity contribution in [1.82, 2.24) is 14.7 Å². The van der Waals surface area contributed by atoms with E-state index >= 15 is 0 Å². The highest BCUT2D eigenvalue weighted by molar-refractivity contribution is 6.19. The summed E-state index contributed by atoms with van der Waals surface area (Å²) in [5.74, 6) is -0.979. The van der Waals surface area contributed by atoms with Crippen LogP contribution >= 0.6 is 0 Å². The third kappa shape index (κ3) is 5.54. The molecule has 0 atom stereocenters. The molecular formula is C34H27FN4O3. The van der Waals surface area contributed by atoms with Gasteiger partial charge in [-0.2, -0.15) is 10.4 Å². The summed E-state index contributed by atoms with van der Waals surface area (Å²) >= 11 is 0. The molecule has 1 aromatic heterocycles. The Bertz CT molecular complexity index is 1790. The van der Waals surface area contributed by atoms with E-state index in [0.717, 1.165) is 21.7 Å². The van der Waals surface area contributed by atoms with Crippen molar-refractivity contribution >= 4 is 17.9 Å². The summed E-state index contributed by atoms with van der Waals surface area (Å²) in [6.07, 6.45) is 5.15. The number of hydrogen-bond donors (Lipinski definition) is 0. The molecule has 0 N–H and O–H groups in total. The van der Waals surface area contributed by atoms with Crippen molar-refractivity contribution in [3.63, 3.8) is 0 Å². The minimum Gasteiger partial charge on any atom is -0.490 e.